The molecule has 0 N–H and O–H groups in total. The second-order valence-electron chi connectivity index (χ2n) is 3.52. The van der Waals surface area contributed by atoms with Gasteiger partial charge in [-0.2, -0.15) is 0 Å². The van der Waals surface area contributed by atoms with Gasteiger partial charge in [0.2, 0.25) is 0 Å². The number of alkyl halides is 1. The lowest BCUT2D eigenvalue weighted by atomic mass is 10.2. The third-order valence-corrected chi connectivity index (χ3v) is 2.22. The highest BCUT2D eigenvalue weighted by Gasteiger charge is 2.33. The molecule has 0 saturated heterocycles. The van der Waals surface area contributed by atoms with Gasteiger partial charge in [0.15, 0.2) is 4.87 Å². The number of halogens is 1. The summed E-state index contributed by atoms with van der Waals surface area (Å²) >= 11 is 6.02. The van der Waals surface area contributed by atoms with Crippen molar-refractivity contribution >= 4 is 17.6 Å². The number of benzene rings is 1. The van der Waals surface area contributed by atoms with Gasteiger partial charge in [0.1, 0.15) is 12.4 Å². The van der Waals surface area contributed by atoms with E-state index >= 15 is 0 Å². The van der Waals surface area contributed by atoms with Crippen LogP contribution in [0.1, 0.15) is 13.8 Å². The van der Waals surface area contributed by atoms with E-state index < -0.39 is 10.8 Å². The van der Waals surface area contributed by atoms with E-state index in [1.807, 2.05) is 18.2 Å². The third kappa shape index (κ3) is 3.74. The first kappa shape index (κ1) is 12.8. The molecule has 0 fully saturated rings. The van der Waals surface area contributed by atoms with Crippen molar-refractivity contribution in [1.82, 2.24) is 0 Å². The molecule has 4 heteroatoms. The molecular weight excluding hydrogens is 228 g/mol. The van der Waals surface area contributed by atoms with Crippen molar-refractivity contribution in [2.24, 2.45) is 0 Å². The second-order valence-corrected chi connectivity index (χ2v) is 4.35. The first-order chi connectivity index (χ1) is 7.56. The van der Waals surface area contributed by atoms with E-state index in [-0.39, 0.29) is 6.61 Å². The molecule has 1 rings (SSSR count). The van der Waals surface area contributed by atoms with Crippen LogP contribution in [-0.4, -0.2) is 24.1 Å². The third-order valence-electron chi connectivity index (χ3n) is 1.95. The summed E-state index contributed by atoms with van der Waals surface area (Å²) in [6, 6.07) is 9.20. The van der Waals surface area contributed by atoms with Crippen LogP contribution in [0.2, 0.25) is 0 Å². The van der Waals surface area contributed by atoms with Crippen LogP contribution in [0, 0.1) is 0 Å². The van der Waals surface area contributed by atoms with Crippen molar-refractivity contribution < 1.29 is 14.3 Å². The Morgan fingerprint density at radius 2 is 2.00 bits per heavy atom. The molecule has 3 nitrogen and oxygen atoms in total. The van der Waals surface area contributed by atoms with Crippen molar-refractivity contribution in [2.45, 2.75) is 18.7 Å². The Hall–Kier alpha value is -1.22. The molecular formula is C12H15ClO3. The normalized spacial score (nSPS) is 13.9. The zero-order chi connectivity index (χ0) is 12.0. The maximum absolute atomic E-state index is 11.5. The summed E-state index contributed by atoms with van der Waals surface area (Å²) < 4.78 is 10.2. The van der Waals surface area contributed by atoms with Crippen LogP contribution >= 0.6 is 11.6 Å². The molecule has 0 spiro atoms. The Morgan fingerprint density at radius 3 is 2.56 bits per heavy atom. The molecule has 16 heavy (non-hydrogen) atoms. The van der Waals surface area contributed by atoms with Crippen molar-refractivity contribution in [1.29, 1.82) is 0 Å². The number of esters is 1. The lowest BCUT2D eigenvalue weighted by Crippen LogP contribution is -2.37. The Labute approximate surface area is 100 Å². The highest BCUT2D eigenvalue weighted by molar-refractivity contribution is 6.33. The van der Waals surface area contributed by atoms with Gasteiger partial charge in [0.25, 0.3) is 0 Å². The molecule has 0 aliphatic heterocycles. The van der Waals surface area contributed by atoms with Gasteiger partial charge in [-0.25, -0.2) is 0 Å². The fourth-order valence-corrected chi connectivity index (χ4v) is 1.19. The Balaban J connectivity index is 2.51. The zero-order valence-electron chi connectivity index (χ0n) is 9.40. The van der Waals surface area contributed by atoms with Crippen LogP contribution in [-0.2, 0) is 9.53 Å². The predicted octanol–water partition coefficient (Wildman–Crippen LogP) is 2.63. The van der Waals surface area contributed by atoms with Crippen LogP contribution in [0.5, 0.6) is 5.75 Å². The van der Waals surface area contributed by atoms with Gasteiger partial charge < -0.3 is 9.47 Å². The highest BCUT2D eigenvalue weighted by atomic mass is 35.5. The molecule has 0 heterocycles. The summed E-state index contributed by atoms with van der Waals surface area (Å²) in [5.74, 6) is 0.214. The van der Waals surface area contributed by atoms with E-state index in [1.165, 1.54) is 0 Å². The maximum atomic E-state index is 11.5. The standard InChI is InChI=1S/C12H15ClO3/c1-3-15-11(14)12(2,13)9-16-10-7-5-4-6-8-10/h4-8H,3,9H2,1-2H3. The molecule has 0 saturated carbocycles. The number of ether oxygens (including phenoxy) is 2. The maximum Gasteiger partial charge on any atom is 0.330 e. The molecule has 0 bridgehead atoms. The number of carbonyl (C=O) groups is 1. The minimum absolute atomic E-state index is 0.0808. The average molecular weight is 243 g/mol. The van der Waals surface area contributed by atoms with Crippen LogP contribution in [0.3, 0.4) is 0 Å². The predicted molar refractivity (Wildman–Crippen MR) is 62.8 cm³/mol. The van der Waals surface area contributed by atoms with E-state index in [2.05, 4.69) is 0 Å². The largest absolute Gasteiger partial charge is 0.491 e. The molecule has 1 aromatic rings. The van der Waals surface area contributed by atoms with Crippen LogP contribution < -0.4 is 4.74 Å². The quantitative estimate of drug-likeness (QED) is 0.588. The number of hydrogen-bond acceptors (Lipinski definition) is 3. The van der Waals surface area contributed by atoms with Gasteiger partial charge >= 0.3 is 5.97 Å². The SMILES string of the molecule is CCOC(=O)C(C)(Cl)COc1ccccc1. The Morgan fingerprint density at radius 1 is 1.38 bits per heavy atom. The molecule has 88 valence electrons. The van der Waals surface area contributed by atoms with Crippen LogP contribution in [0.15, 0.2) is 30.3 Å². The van der Waals surface area contributed by atoms with Gasteiger partial charge in [-0.3, -0.25) is 4.79 Å². The summed E-state index contributed by atoms with van der Waals surface area (Å²) in [5.41, 5.74) is 0. The van der Waals surface area contributed by atoms with Gasteiger partial charge in [-0.15, -0.1) is 11.6 Å². The highest BCUT2D eigenvalue weighted by Crippen LogP contribution is 2.19. The smallest absolute Gasteiger partial charge is 0.330 e. The molecule has 0 aliphatic rings. The molecule has 0 radical (unpaired) electrons. The first-order valence-corrected chi connectivity index (χ1v) is 5.48. The molecule has 0 aromatic heterocycles. The Kier molecular flexibility index (Phi) is 4.62. The summed E-state index contributed by atoms with van der Waals surface area (Å²) in [6.07, 6.45) is 0. The summed E-state index contributed by atoms with van der Waals surface area (Å²) in [7, 11) is 0. The van der Waals surface area contributed by atoms with Gasteiger partial charge in [-0.05, 0) is 26.0 Å². The number of hydrogen-bond donors (Lipinski definition) is 0. The number of rotatable bonds is 5. The number of carbonyl (C=O) groups excluding carboxylic acids is 1. The van der Waals surface area contributed by atoms with E-state index in [1.54, 1.807) is 26.0 Å². The number of para-hydroxylation sites is 1. The van der Waals surface area contributed by atoms with Gasteiger partial charge in [0.05, 0.1) is 6.61 Å². The average Bonchev–Trinajstić information content (AvgIpc) is 2.28. The monoisotopic (exact) mass is 242 g/mol. The minimum Gasteiger partial charge on any atom is -0.491 e. The van der Waals surface area contributed by atoms with Crippen molar-refractivity contribution in [3.8, 4) is 5.75 Å². The molecule has 1 unspecified atom stereocenters. The van der Waals surface area contributed by atoms with Crippen LogP contribution in [0.25, 0.3) is 0 Å². The first-order valence-electron chi connectivity index (χ1n) is 5.10. The fourth-order valence-electron chi connectivity index (χ4n) is 1.08. The lowest BCUT2D eigenvalue weighted by molar-refractivity contribution is -0.146. The minimum atomic E-state index is -1.15. The van der Waals surface area contributed by atoms with E-state index in [4.69, 9.17) is 21.1 Å². The van der Waals surface area contributed by atoms with Crippen molar-refractivity contribution in [3.63, 3.8) is 0 Å². The topological polar surface area (TPSA) is 35.5 Å². The van der Waals surface area contributed by atoms with E-state index in [0.29, 0.717) is 12.4 Å². The Bertz CT molecular complexity index is 335. The zero-order valence-corrected chi connectivity index (χ0v) is 10.2. The van der Waals surface area contributed by atoms with Crippen LogP contribution in [0.4, 0.5) is 0 Å². The molecule has 1 aromatic carbocycles. The van der Waals surface area contributed by atoms with Gasteiger partial charge in [0, 0.05) is 0 Å². The summed E-state index contributed by atoms with van der Waals surface area (Å²) in [4.78, 5) is 10.3. The van der Waals surface area contributed by atoms with E-state index in [0.717, 1.165) is 0 Å². The lowest BCUT2D eigenvalue weighted by Gasteiger charge is -2.20. The summed E-state index contributed by atoms with van der Waals surface area (Å²) in [5, 5.41) is 0. The van der Waals surface area contributed by atoms with Crippen molar-refractivity contribution in [3.05, 3.63) is 30.3 Å². The molecule has 1 atom stereocenters. The van der Waals surface area contributed by atoms with E-state index in [9.17, 15) is 4.79 Å². The van der Waals surface area contributed by atoms with Gasteiger partial charge in [-0.1, -0.05) is 18.2 Å². The fraction of sp³-hybridized carbons (Fsp3) is 0.417. The molecule has 0 aliphatic carbocycles. The summed E-state index contributed by atoms with van der Waals surface area (Å²) in [6.45, 7) is 3.71. The second kappa shape index (κ2) is 5.75. The van der Waals surface area contributed by atoms with Crippen molar-refractivity contribution in [2.75, 3.05) is 13.2 Å². The molecule has 0 amide bonds.